The molecule has 8 heteroatoms. The highest BCUT2D eigenvalue weighted by Crippen LogP contribution is 2.36. The first-order valence-corrected chi connectivity index (χ1v) is 10.0. The monoisotopic (exact) mass is 436 g/mol. The molecule has 1 aliphatic rings. The first kappa shape index (κ1) is 26.1. The Balaban J connectivity index is 3.37. The highest BCUT2D eigenvalue weighted by atomic mass is 16.6. The number of methoxy groups -OCH3 is 4. The fraction of sp³-hybridized carbons (Fsp3) is 0.565. The van der Waals surface area contributed by atoms with Crippen LogP contribution in [0.4, 0.5) is 0 Å². The van der Waals surface area contributed by atoms with E-state index in [2.05, 4.69) is 0 Å². The number of ether oxygens (including phenoxy) is 4. The summed E-state index contributed by atoms with van der Waals surface area (Å²) in [5, 5.41) is 0. The summed E-state index contributed by atoms with van der Waals surface area (Å²) in [6, 6.07) is 0. The van der Waals surface area contributed by atoms with E-state index in [0.29, 0.717) is 12.8 Å². The van der Waals surface area contributed by atoms with Gasteiger partial charge in [-0.1, -0.05) is 36.0 Å². The molecule has 0 atom stereocenters. The molecule has 0 saturated heterocycles. The molecule has 172 valence electrons. The van der Waals surface area contributed by atoms with Crippen LogP contribution in [0.3, 0.4) is 0 Å². The lowest BCUT2D eigenvalue weighted by Gasteiger charge is -2.28. The van der Waals surface area contributed by atoms with E-state index in [4.69, 9.17) is 18.9 Å². The van der Waals surface area contributed by atoms with Crippen LogP contribution in [0.5, 0.6) is 0 Å². The molecular formula is C23H32O8. The Morgan fingerprint density at radius 2 is 1.10 bits per heavy atom. The van der Waals surface area contributed by atoms with E-state index in [9.17, 15) is 19.2 Å². The number of allylic oxidation sites excluding steroid dienone is 6. The van der Waals surface area contributed by atoms with Crippen molar-refractivity contribution in [1.82, 2.24) is 0 Å². The Kier molecular flexibility index (Phi) is 10.2. The van der Waals surface area contributed by atoms with Crippen molar-refractivity contribution in [2.45, 2.75) is 45.4 Å². The molecule has 1 aliphatic carbocycles. The number of hydrogen-bond donors (Lipinski definition) is 0. The van der Waals surface area contributed by atoms with Crippen molar-refractivity contribution in [1.29, 1.82) is 0 Å². The van der Waals surface area contributed by atoms with Crippen molar-refractivity contribution in [3.05, 3.63) is 36.0 Å². The molecule has 31 heavy (non-hydrogen) atoms. The van der Waals surface area contributed by atoms with Gasteiger partial charge in [-0.3, -0.25) is 19.2 Å². The fourth-order valence-corrected chi connectivity index (χ4v) is 3.67. The van der Waals surface area contributed by atoms with Gasteiger partial charge in [-0.05, 0) is 45.4 Å². The molecule has 0 aromatic rings. The number of hydrogen-bond acceptors (Lipinski definition) is 8. The number of carbonyl (C=O) groups excluding carboxylic acids is 4. The van der Waals surface area contributed by atoms with Crippen LogP contribution in [0.2, 0.25) is 0 Å². The minimum atomic E-state index is -1.45. The summed E-state index contributed by atoms with van der Waals surface area (Å²) in [5.74, 6) is -2.60. The lowest BCUT2D eigenvalue weighted by atomic mass is 9.77. The third-order valence-corrected chi connectivity index (χ3v) is 5.63. The Bertz CT molecular complexity index is 728. The van der Waals surface area contributed by atoms with Gasteiger partial charge in [-0.25, -0.2) is 0 Å². The van der Waals surface area contributed by atoms with E-state index in [1.165, 1.54) is 28.4 Å². The largest absolute Gasteiger partial charge is 0.468 e. The standard InChI is InChI=1S/C23H32O8/c1-17-11-10-15-22(18(24)28-2,19(25)29-3)13-8-6-7-9-14-23(16-12-17,20(26)30-4)21(27)31-5/h6-9,11H,10,12-16H2,1-5H3/b8-6+,9-7+,17-11-. The van der Waals surface area contributed by atoms with Crippen LogP contribution in [-0.4, -0.2) is 52.3 Å². The fourth-order valence-electron chi connectivity index (χ4n) is 3.67. The van der Waals surface area contributed by atoms with Gasteiger partial charge >= 0.3 is 23.9 Å². The normalized spacial score (nSPS) is 22.4. The van der Waals surface area contributed by atoms with E-state index in [-0.39, 0.29) is 25.7 Å². The molecule has 0 saturated carbocycles. The zero-order valence-electron chi connectivity index (χ0n) is 18.9. The lowest BCUT2D eigenvalue weighted by Crippen LogP contribution is -2.41. The van der Waals surface area contributed by atoms with Gasteiger partial charge in [0.15, 0.2) is 10.8 Å². The van der Waals surface area contributed by atoms with Crippen molar-refractivity contribution in [2.75, 3.05) is 28.4 Å². The molecule has 0 aromatic carbocycles. The van der Waals surface area contributed by atoms with Gasteiger partial charge in [0, 0.05) is 0 Å². The first-order chi connectivity index (χ1) is 14.7. The summed E-state index contributed by atoms with van der Waals surface area (Å²) < 4.78 is 19.6. The molecule has 0 spiro atoms. The van der Waals surface area contributed by atoms with E-state index < -0.39 is 34.7 Å². The molecule has 0 heterocycles. The van der Waals surface area contributed by atoms with Crippen LogP contribution in [0.25, 0.3) is 0 Å². The summed E-state index contributed by atoms with van der Waals surface area (Å²) in [5.41, 5.74) is -2.00. The molecule has 0 aliphatic heterocycles. The van der Waals surface area contributed by atoms with Gasteiger partial charge in [0.05, 0.1) is 28.4 Å². The topological polar surface area (TPSA) is 105 Å². The molecule has 0 radical (unpaired) electrons. The zero-order valence-corrected chi connectivity index (χ0v) is 18.9. The molecule has 0 unspecified atom stereocenters. The maximum absolute atomic E-state index is 12.5. The molecule has 0 amide bonds. The van der Waals surface area contributed by atoms with E-state index in [1.807, 2.05) is 13.0 Å². The van der Waals surface area contributed by atoms with Gasteiger partial charge in [0.25, 0.3) is 0 Å². The summed E-state index contributed by atoms with van der Waals surface area (Å²) in [6.07, 6.45) is 9.88. The maximum Gasteiger partial charge on any atom is 0.323 e. The zero-order chi connectivity index (χ0) is 23.5. The SMILES string of the molecule is COC(=O)C1(C(=O)OC)C/C=C/C=C/CC(C(=O)OC)(C(=O)OC)CC/C(C)=C\CC1. The smallest absolute Gasteiger partial charge is 0.323 e. The second kappa shape index (κ2) is 12.1. The van der Waals surface area contributed by atoms with Crippen LogP contribution >= 0.6 is 0 Å². The van der Waals surface area contributed by atoms with Gasteiger partial charge in [-0.15, -0.1) is 0 Å². The van der Waals surface area contributed by atoms with Crippen molar-refractivity contribution >= 4 is 23.9 Å². The van der Waals surface area contributed by atoms with Crippen molar-refractivity contribution < 1.29 is 38.1 Å². The molecule has 0 fully saturated rings. The average Bonchev–Trinajstić information content (AvgIpc) is 2.79. The third-order valence-electron chi connectivity index (χ3n) is 5.63. The van der Waals surface area contributed by atoms with Crippen molar-refractivity contribution in [2.24, 2.45) is 10.8 Å². The van der Waals surface area contributed by atoms with Crippen LogP contribution in [0, 0.1) is 10.8 Å². The van der Waals surface area contributed by atoms with E-state index in [0.717, 1.165) is 5.57 Å². The predicted molar refractivity (Wildman–Crippen MR) is 113 cm³/mol. The van der Waals surface area contributed by atoms with Crippen LogP contribution in [0.15, 0.2) is 36.0 Å². The maximum atomic E-state index is 12.5. The van der Waals surface area contributed by atoms with E-state index >= 15 is 0 Å². The highest BCUT2D eigenvalue weighted by molar-refractivity contribution is 6.00. The van der Waals surface area contributed by atoms with Gasteiger partial charge in [0.2, 0.25) is 0 Å². The Morgan fingerprint density at radius 3 is 1.48 bits per heavy atom. The van der Waals surface area contributed by atoms with Crippen LogP contribution in [0.1, 0.15) is 45.4 Å². The van der Waals surface area contributed by atoms with Gasteiger partial charge in [-0.2, -0.15) is 0 Å². The Labute approximate surface area is 183 Å². The molecule has 0 aromatic heterocycles. The third kappa shape index (κ3) is 6.06. The summed E-state index contributed by atoms with van der Waals surface area (Å²) >= 11 is 0. The molecule has 0 bridgehead atoms. The second-order valence-corrected chi connectivity index (χ2v) is 7.48. The van der Waals surface area contributed by atoms with Crippen LogP contribution in [-0.2, 0) is 38.1 Å². The van der Waals surface area contributed by atoms with Gasteiger partial charge < -0.3 is 18.9 Å². The van der Waals surface area contributed by atoms with Crippen molar-refractivity contribution in [3.8, 4) is 0 Å². The predicted octanol–water partition coefficient (Wildman–Crippen LogP) is 3.06. The lowest BCUT2D eigenvalue weighted by molar-refractivity contribution is -0.171. The number of carbonyl (C=O) groups is 4. The van der Waals surface area contributed by atoms with Gasteiger partial charge in [0.1, 0.15) is 0 Å². The molecule has 0 N–H and O–H groups in total. The Hall–Kier alpha value is -2.90. The summed E-state index contributed by atoms with van der Waals surface area (Å²) in [7, 11) is 4.96. The van der Waals surface area contributed by atoms with Crippen molar-refractivity contribution in [3.63, 3.8) is 0 Å². The average molecular weight is 437 g/mol. The quantitative estimate of drug-likeness (QED) is 0.287. The first-order valence-electron chi connectivity index (χ1n) is 10.0. The summed E-state index contributed by atoms with van der Waals surface area (Å²) in [4.78, 5) is 50.1. The molecular weight excluding hydrogens is 404 g/mol. The van der Waals surface area contributed by atoms with Crippen LogP contribution < -0.4 is 0 Å². The number of esters is 4. The minimum Gasteiger partial charge on any atom is -0.468 e. The highest BCUT2D eigenvalue weighted by Gasteiger charge is 2.48. The summed E-state index contributed by atoms with van der Waals surface area (Å²) in [6.45, 7) is 1.86. The Morgan fingerprint density at radius 1 is 0.710 bits per heavy atom. The molecule has 8 nitrogen and oxygen atoms in total. The molecule has 1 rings (SSSR count). The second-order valence-electron chi connectivity index (χ2n) is 7.48. The minimum absolute atomic E-state index is 0.0860. The number of rotatable bonds is 4. The van der Waals surface area contributed by atoms with E-state index in [1.54, 1.807) is 24.3 Å².